The number of rotatable bonds is 5. The Morgan fingerprint density at radius 2 is 1.96 bits per heavy atom. The number of para-hydroxylation sites is 1. The molecular formula is C15H16N2O6S2. The Morgan fingerprint density at radius 3 is 2.64 bits per heavy atom. The molecule has 0 saturated carbocycles. The van der Waals surface area contributed by atoms with E-state index in [-0.39, 0.29) is 22.8 Å². The Labute approximate surface area is 148 Å². The van der Waals surface area contributed by atoms with Gasteiger partial charge >= 0.3 is 5.97 Å². The van der Waals surface area contributed by atoms with Crippen molar-refractivity contribution < 1.29 is 27.9 Å². The molecule has 2 fully saturated rings. The summed E-state index contributed by atoms with van der Waals surface area (Å²) in [6.45, 7) is -1.01. The van der Waals surface area contributed by atoms with Gasteiger partial charge in [-0.3, -0.25) is 4.79 Å². The summed E-state index contributed by atoms with van der Waals surface area (Å²) in [5.41, 5.74) is 0.762. The van der Waals surface area contributed by atoms with E-state index >= 15 is 0 Å². The lowest BCUT2D eigenvalue weighted by molar-refractivity contribution is -0.143. The fourth-order valence-electron chi connectivity index (χ4n) is 2.82. The molecule has 2 saturated heterocycles. The number of carboxylic acid groups (broad SMARTS) is 1. The van der Waals surface area contributed by atoms with Crippen LogP contribution in [0.15, 0.2) is 35.3 Å². The zero-order valence-electron chi connectivity index (χ0n) is 13.1. The summed E-state index contributed by atoms with van der Waals surface area (Å²) in [5.74, 6) is -1.70. The van der Waals surface area contributed by atoms with Crippen LogP contribution in [-0.2, 0) is 24.2 Å². The standard InChI is InChI=1S/C15H16N2O6S2/c18-13(6-23-7-14(19)20)16-15-17(10-4-2-1-3-5-10)11-8-25(21,22)9-12(11)24-15/h1-5,11-12H,6-9H2,(H,19,20)/t11-,12+/m1/s1. The molecule has 134 valence electrons. The number of sulfone groups is 1. The largest absolute Gasteiger partial charge is 0.480 e. The van der Waals surface area contributed by atoms with Gasteiger partial charge in [0.2, 0.25) is 0 Å². The third kappa shape index (κ3) is 4.20. The average molecular weight is 384 g/mol. The molecule has 0 bridgehead atoms. The van der Waals surface area contributed by atoms with Crippen molar-refractivity contribution in [3.05, 3.63) is 30.3 Å². The molecule has 0 spiro atoms. The van der Waals surface area contributed by atoms with Crippen molar-refractivity contribution >= 4 is 44.3 Å². The highest BCUT2D eigenvalue weighted by molar-refractivity contribution is 8.16. The number of anilines is 1. The maximum Gasteiger partial charge on any atom is 0.329 e. The molecule has 25 heavy (non-hydrogen) atoms. The second-order valence-electron chi connectivity index (χ2n) is 5.68. The van der Waals surface area contributed by atoms with Crippen LogP contribution in [0.4, 0.5) is 5.69 Å². The molecule has 2 aliphatic rings. The molecule has 8 nitrogen and oxygen atoms in total. The van der Waals surface area contributed by atoms with Gasteiger partial charge in [0.1, 0.15) is 13.2 Å². The monoisotopic (exact) mass is 384 g/mol. The molecule has 1 N–H and O–H groups in total. The van der Waals surface area contributed by atoms with Crippen LogP contribution in [0.3, 0.4) is 0 Å². The number of benzene rings is 1. The number of ether oxygens (including phenoxy) is 1. The molecule has 0 unspecified atom stereocenters. The second-order valence-corrected chi connectivity index (χ2v) is 9.04. The summed E-state index contributed by atoms with van der Waals surface area (Å²) in [6.07, 6.45) is 0. The molecule has 1 aromatic rings. The lowest BCUT2D eigenvalue weighted by atomic mass is 10.2. The van der Waals surface area contributed by atoms with Gasteiger partial charge in [0.25, 0.3) is 5.91 Å². The van der Waals surface area contributed by atoms with Crippen LogP contribution in [-0.4, -0.2) is 66.6 Å². The number of amidine groups is 1. The van der Waals surface area contributed by atoms with Gasteiger partial charge < -0.3 is 14.7 Å². The van der Waals surface area contributed by atoms with Crippen LogP contribution in [0.5, 0.6) is 0 Å². The summed E-state index contributed by atoms with van der Waals surface area (Å²) in [4.78, 5) is 28.1. The van der Waals surface area contributed by atoms with E-state index in [0.717, 1.165) is 5.69 Å². The predicted octanol–water partition coefficient (Wildman–Crippen LogP) is 0.389. The second kappa shape index (κ2) is 7.14. The van der Waals surface area contributed by atoms with Crippen LogP contribution in [0.25, 0.3) is 0 Å². The molecule has 3 rings (SSSR count). The van der Waals surface area contributed by atoms with E-state index in [2.05, 4.69) is 4.99 Å². The van der Waals surface area contributed by atoms with Crippen LogP contribution in [0.2, 0.25) is 0 Å². The summed E-state index contributed by atoms with van der Waals surface area (Å²) >= 11 is 1.26. The van der Waals surface area contributed by atoms with E-state index in [9.17, 15) is 18.0 Å². The number of carboxylic acids is 1. The van der Waals surface area contributed by atoms with E-state index in [4.69, 9.17) is 9.84 Å². The van der Waals surface area contributed by atoms with Gasteiger partial charge in [0.15, 0.2) is 15.0 Å². The highest BCUT2D eigenvalue weighted by atomic mass is 32.2. The SMILES string of the molecule is O=C(O)COCC(=O)N=C1S[C@H]2CS(=O)(=O)C[C@H]2N1c1ccccc1. The lowest BCUT2D eigenvalue weighted by Gasteiger charge is -2.24. The maximum absolute atomic E-state index is 11.9. The minimum absolute atomic E-state index is 0.0162. The van der Waals surface area contributed by atoms with Gasteiger partial charge in [-0.15, -0.1) is 0 Å². The minimum Gasteiger partial charge on any atom is -0.480 e. The van der Waals surface area contributed by atoms with Crippen molar-refractivity contribution in [2.45, 2.75) is 11.3 Å². The van der Waals surface area contributed by atoms with Crippen molar-refractivity contribution in [2.75, 3.05) is 29.6 Å². The van der Waals surface area contributed by atoms with E-state index in [1.54, 1.807) is 4.90 Å². The van der Waals surface area contributed by atoms with E-state index in [1.807, 2.05) is 30.3 Å². The van der Waals surface area contributed by atoms with Gasteiger partial charge in [-0.1, -0.05) is 30.0 Å². The fraction of sp³-hybridized carbons (Fsp3) is 0.400. The summed E-state index contributed by atoms with van der Waals surface area (Å²) in [5, 5.41) is 8.75. The van der Waals surface area contributed by atoms with Gasteiger partial charge in [-0.2, -0.15) is 4.99 Å². The summed E-state index contributed by atoms with van der Waals surface area (Å²) in [7, 11) is -3.11. The number of amides is 1. The van der Waals surface area contributed by atoms with Crippen molar-refractivity contribution in [1.29, 1.82) is 0 Å². The van der Waals surface area contributed by atoms with Crippen molar-refractivity contribution in [2.24, 2.45) is 4.99 Å². The number of nitrogens with zero attached hydrogens (tertiary/aromatic N) is 2. The first kappa shape index (κ1) is 17.9. The zero-order valence-corrected chi connectivity index (χ0v) is 14.7. The van der Waals surface area contributed by atoms with E-state index in [1.165, 1.54) is 11.8 Å². The maximum atomic E-state index is 11.9. The third-order valence-corrected chi connectivity index (χ3v) is 6.98. The number of thioether (sulfide) groups is 1. The Balaban J connectivity index is 1.82. The lowest BCUT2D eigenvalue weighted by Crippen LogP contribution is -2.37. The molecule has 10 heteroatoms. The highest BCUT2D eigenvalue weighted by Crippen LogP contribution is 2.40. The van der Waals surface area contributed by atoms with E-state index < -0.39 is 34.9 Å². The van der Waals surface area contributed by atoms with Crippen molar-refractivity contribution in [1.82, 2.24) is 0 Å². The van der Waals surface area contributed by atoms with E-state index in [0.29, 0.717) is 5.17 Å². The van der Waals surface area contributed by atoms with Gasteiger partial charge in [0, 0.05) is 10.9 Å². The van der Waals surface area contributed by atoms with Crippen LogP contribution in [0, 0.1) is 0 Å². The number of carbonyl (C=O) groups is 2. The predicted molar refractivity (Wildman–Crippen MR) is 93.6 cm³/mol. The number of aliphatic imine (C=N–C) groups is 1. The molecule has 1 aromatic carbocycles. The Morgan fingerprint density at radius 1 is 1.24 bits per heavy atom. The molecule has 0 aliphatic carbocycles. The summed E-state index contributed by atoms with van der Waals surface area (Å²) < 4.78 is 28.6. The summed E-state index contributed by atoms with van der Waals surface area (Å²) in [6, 6.07) is 8.88. The Bertz CT molecular complexity index is 809. The average Bonchev–Trinajstić information content (AvgIpc) is 2.98. The number of hydrogen-bond donors (Lipinski definition) is 1. The molecular weight excluding hydrogens is 368 g/mol. The van der Waals surface area contributed by atoms with Crippen molar-refractivity contribution in [3.8, 4) is 0 Å². The smallest absolute Gasteiger partial charge is 0.329 e. The van der Waals surface area contributed by atoms with Crippen LogP contribution >= 0.6 is 11.8 Å². The first-order valence-electron chi connectivity index (χ1n) is 7.48. The zero-order chi connectivity index (χ0) is 18.0. The highest BCUT2D eigenvalue weighted by Gasteiger charge is 2.49. The third-order valence-electron chi connectivity index (χ3n) is 3.77. The fourth-order valence-corrected chi connectivity index (χ4v) is 6.75. The molecule has 2 aliphatic heterocycles. The molecule has 0 radical (unpaired) electrons. The molecule has 2 atom stereocenters. The van der Waals surface area contributed by atoms with Gasteiger partial charge in [-0.05, 0) is 12.1 Å². The molecule has 2 heterocycles. The van der Waals surface area contributed by atoms with Crippen molar-refractivity contribution in [3.63, 3.8) is 0 Å². The normalized spacial score (nSPS) is 25.9. The number of aliphatic carboxylic acids is 1. The number of carbonyl (C=O) groups excluding carboxylic acids is 1. The minimum atomic E-state index is -3.11. The number of fused-ring (bicyclic) bond motifs is 1. The molecule has 0 aromatic heterocycles. The van der Waals surface area contributed by atoms with Crippen LogP contribution < -0.4 is 4.90 Å². The van der Waals surface area contributed by atoms with Gasteiger partial charge in [0.05, 0.1) is 17.5 Å². The number of hydrogen-bond acceptors (Lipinski definition) is 6. The first-order chi connectivity index (χ1) is 11.9. The first-order valence-corrected chi connectivity index (χ1v) is 10.2. The Kier molecular flexibility index (Phi) is 5.11. The quantitative estimate of drug-likeness (QED) is 0.776. The van der Waals surface area contributed by atoms with Gasteiger partial charge in [-0.25, -0.2) is 13.2 Å². The molecule has 1 amide bonds. The van der Waals surface area contributed by atoms with Crippen LogP contribution in [0.1, 0.15) is 0 Å². The topological polar surface area (TPSA) is 113 Å². The Hall–Kier alpha value is -1.91.